The van der Waals surface area contributed by atoms with Gasteiger partial charge in [-0.05, 0) is 44.0 Å². The van der Waals surface area contributed by atoms with Crippen molar-refractivity contribution in [3.8, 4) is 11.4 Å². The Labute approximate surface area is 248 Å². The lowest BCUT2D eigenvalue weighted by molar-refractivity contribution is 0.0323. The highest BCUT2D eigenvalue weighted by Crippen LogP contribution is 2.39. The number of benzene rings is 3. The number of nitrogens with zero attached hydrogens (tertiary/aromatic N) is 3. The molecular weight excluding hydrogens is 526 g/mol. The van der Waals surface area contributed by atoms with Gasteiger partial charge in [0.25, 0.3) is 0 Å². The molecule has 220 valence electrons. The lowest BCUT2D eigenvalue weighted by atomic mass is 9.73. The third kappa shape index (κ3) is 6.30. The lowest BCUT2D eigenvalue weighted by Crippen LogP contribution is -2.38. The number of urea groups is 1. The number of anilines is 2. The minimum absolute atomic E-state index is 0.00884. The van der Waals surface area contributed by atoms with Crippen LogP contribution in [0.2, 0.25) is 0 Å². The van der Waals surface area contributed by atoms with Crippen molar-refractivity contribution in [3.63, 3.8) is 0 Å². The molecular formula is C34H41N5O3. The number of carbonyl (C=O) groups excluding carboxylic acids is 1. The first-order chi connectivity index (χ1) is 20.5. The van der Waals surface area contributed by atoms with Crippen LogP contribution in [-0.4, -0.2) is 60.2 Å². The summed E-state index contributed by atoms with van der Waals surface area (Å²) in [5.74, 6) is 1.47. The minimum atomic E-state index is -0.310. The molecule has 8 heteroatoms. The summed E-state index contributed by atoms with van der Waals surface area (Å²) in [5, 5.41) is 13.1. The summed E-state index contributed by atoms with van der Waals surface area (Å²) in [6, 6.07) is 21.8. The Kier molecular flexibility index (Phi) is 8.44. The molecule has 3 aromatic carbocycles. The molecule has 1 aromatic heterocycles. The predicted octanol–water partition coefficient (Wildman–Crippen LogP) is 6.91. The zero-order chi connectivity index (χ0) is 28.9. The molecule has 1 aliphatic carbocycles. The SMILES string of the molecule is Cc1ccc(-n2nc(C3(C)CCCCC3)cc2NC(=O)Nc2ccc(OCCN3CCOCC3)c3ccccc23)cc1. The maximum atomic E-state index is 13.5. The van der Waals surface area contributed by atoms with Gasteiger partial charge in [0, 0.05) is 41.9 Å². The fraction of sp³-hybridized carbons (Fsp3) is 0.412. The molecule has 42 heavy (non-hydrogen) atoms. The molecule has 0 unspecified atom stereocenters. The van der Waals surface area contributed by atoms with E-state index in [2.05, 4.69) is 41.5 Å². The van der Waals surface area contributed by atoms with Gasteiger partial charge in [0.15, 0.2) is 0 Å². The van der Waals surface area contributed by atoms with Gasteiger partial charge >= 0.3 is 6.03 Å². The van der Waals surface area contributed by atoms with E-state index < -0.39 is 0 Å². The zero-order valence-corrected chi connectivity index (χ0v) is 24.7. The van der Waals surface area contributed by atoms with Gasteiger partial charge in [-0.15, -0.1) is 0 Å². The first-order valence-corrected chi connectivity index (χ1v) is 15.2. The summed E-state index contributed by atoms with van der Waals surface area (Å²) in [6.07, 6.45) is 5.90. The van der Waals surface area contributed by atoms with E-state index in [-0.39, 0.29) is 11.4 Å². The highest BCUT2D eigenvalue weighted by molar-refractivity contribution is 6.07. The Bertz CT molecular complexity index is 1520. The molecule has 6 rings (SSSR count). The van der Waals surface area contributed by atoms with Crippen molar-refractivity contribution < 1.29 is 14.3 Å². The average molecular weight is 568 g/mol. The Morgan fingerprint density at radius 2 is 1.69 bits per heavy atom. The van der Waals surface area contributed by atoms with Crippen LogP contribution < -0.4 is 15.4 Å². The average Bonchev–Trinajstić information content (AvgIpc) is 3.44. The number of nitrogens with one attached hydrogen (secondary N) is 2. The van der Waals surface area contributed by atoms with Crippen molar-refractivity contribution >= 4 is 28.3 Å². The van der Waals surface area contributed by atoms with Gasteiger partial charge in [0.2, 0.25) is 0 Å². The second-order valence-electron chi connectivity index (χ2n) is 11.8. The van der Waals surface area contributed by atoms with Crippen LogP contribution in [-0.2, 0) is 10.2 Å². The number of aromatic nitrogens is 2. The normalized spacial score (nSPS) is 17.2. The van der Waals surface area contributed by atoms with Crippen LogP contribution in [0.1, 0.15) is 50.3 Å². The predicted molar refractivity (Wildman–Crippen MR) is 168 cm³/mol. The van der Waals surface area contributed by atoms with Gasteiger partial charge in [-0.1, -0.05) is 68.1 Å². The lowest BCUT2D eigenvalue weighted by Gasteiger charge is -2.31. The standard InChI is InChI=1S/C34H41N5O3/c1-25-10-12-26(13-11-25)39-32(24-31(37-39)34(2)16-6-3-7-17-34)36-33(40)35-29-14-15-30(28-9-5-4-8-27(28)29)42-23-20-38-18-21-41-22-19-38/h4-5,8-15,24H,3,6-7,16-23H2,1-2H3,(H2,35,36,40). The van der Waals surface area contributed by atoms with Gasteiger partial charge < -0.3 is 14.8 Å². The van der Waals surface area contributed by atoms with Crippen molar-refractivity contribution in [2.45, 2.75) is 51.4 Å². The van der Waals surface area contributed by atoms with Crippen LogP contribution in [0.25, 0.3) is 16.5 Å². The fourth-order valence-electron chi connectivity index (χ4n) is 6.12. The fourth-order valence-corrected chi connectivity index (χ4v) is 6.12. The molecule has 2 amide bonds. The molecule has 1 aliphatic heterocycles. The molecule has 1 saturated heterocycles. The second-order valence-corrected chi connectivity index (χ2v) is 11.8. The molecule has 0 atom stereocenters. The third-order valence-electron chi connectivity index (χ3n) is 8.71. The summed E-state index contributed by atoms with van der Waals surface area (Å²) in [5.41, 5.74) is 3.87. The summed E-state index contributed by atoms with van der Waals surface area (Å²) < 4.78 is 13.5. The van der Waals surface area contributed by atoms with E-state index in [1.54, 1.807) is 0 Å². The van der Waals surface area contributed by atoms with Crippen LogP contribution in [0.3, 0.4) is 0 Å². The quantitative estimate of drug-likeness (QED) is 0.242. The van der Waals surface area contributed by atoms with E-state index in [1.165, 1.54) is 24.8 Å². The first-order valence-electron chi connectivity index (χ1n) is 15.2. The second kappa shape index (κ2) is 12.5. The van der Waals surface area contributed by atoms with E-state index in [1.807, 2.05) is 59.3 Å². The monoisotopic (exact) mass is 567 g/mol. The third-order valence-corrected chi connectivity index (χ3v) is 8.71. The summed E-state index contributed by atoms with van der Waals surface area (Å²) in [6.45, 7) is 9.25. The Hall–Kier alpha value is -3.88. The Balaban J connectivity index is 1.21. The maximum absolute atomic E-state index is 13.5. The number of amides is 2. The number of hydrogen-bond donors (Lipinski definition) is 2. The highest BCUT2D eigenvalue weighted by atomic mass is 16.5. The topological polar surface area (TPSA) is 80.7 Å². The van der Waals surface area contributed by atoms with Crippen LogP contribution in [0.15, 0.2) is 66.7 Å². The van der Waals surface area contributed by atoms with E-state index in [0.717, 1.165) is 79.3 Å². The molecule has 0 radical (unpaired) electrons. The molecule has 2 heterocycles. The van der Waals surface area contributed by atoms with Crippen molar-refractivity contribution in [2.75, 3.05) is 50.1 Å². The maximum Gasteiger partial charge on any atom is 0.324 e. The summed E-state index contributed by atoms with van der Waals surface area (Å²) in [4.78, 5) is 15.8. The van der Waals surface area contributed by atoms with Crippen LogP contribution in [0.5, 0.6) is 5.75 Å². The van der Waals surface area contributed by atoms with Crippen LogP contribution in [0.4, 0.5) is 16.3 Å². The molecule has 2 fully saturated rings. The molecule has 2 aliphatic rings. The van der Waals surface area contributed by atoms with Crippen LogP contribution in [0, 0.1) is 6.92 Å². The number of aryl methyl sites for hydroxylation is 1. The molecule has 0 bridgehead atoms. The van der Waals surface area contributed by atoms with Crippen molar-refractivity contribution in [1.82, 2.24) is 14.7 Å². The van der Waals surface area contributed by atoms with Gasteiger partial charge in [0.05, 0.1) is 30.3 Å². The molecule has 4 aromatic rings. The van der Waals surface area contributed by atoms with E-state index >= 15 is 0 Å². The molecule has 1 saturated carbocycles. The van der Waals surface area contributed by atoms with Gasteiger partial charge in [-0.25, -0.2) is 9.48 Å². The van der Waals surface area contributed by atoms with E-state index in [9.17, 15) is 4.79 Å². The smallest absolute Gasteiger partial charge is 0.324 e. The number of fused-ring (bicyclic) bond motifs is 1. The first kappa shape index (κ1) is 28.2. The number of ether oxygens (including phenoxy) is 2. The van der Waals surface area contributed by atoms with Crippen molar-refractivity contribution in [2.24, 2.45) is 0 Å². The van der Waals surface area contributed by atoms with Crippen molar-refractivity contribution in [1.29, 1.82) is 0 Å². The molecule has 8 nitrogen and oxygen atoms in total. The van der Waals surface area contributed by atoms with Crippen molar-refractivity contribution in [3.05, 3.63) is 78.0 Å². The summed E-state index contributed by atoms with van der Waals surface area (Å²) in [7, 11) is 0. The largest absolute Gasteiger partial charge is 0.492 e. The minimum Gasteiger partial charge on any atom is -0.492 e. The van der Waals surface area contributed by atoms with E-state index in [4.69, 9.17) is 14.6 Å². The van der Waals surface area contributed by atoms with Crippen LogP contribution >= 0.6 is 0 Å². The Morgan fingerprint density at radius 1 is 0.952 bits per heavy atom. The zero-order valence-electron chi connectivity index (χ0n) is 24.7. The van der Waals surface area contributed by atoms with Gasteiger partial charge in [-0.2, -0.15) is 5.10 Å². The Morgan fingerprint density at radius 3 is 2.45 bits per heavy atom. The number of carbonyl (C=O) groups is 1. The van der Waals surface area contributed by atoms with Gasteiger partial charge in [-0.3, -0.25) is 10.2 Å². The molecule has 2 N–H and O–H groups in total. The molecule has 0 spiro atoms. The van der Waals surface area contributed by atoms with Gasteiger partial charge in [0.1, 0.15) is 18.2 Å². The number of morpholine rings is 1. The highest BCUT2D eigenvalue weighted by Gasteiger charge is 2.32. The summed E-state index contributed by atoms with van der Waals surface area (Å²) >= 11 is 0. The number of rotatable bonds is 8. The van der Waals surface area contributed by atoms with E-state index in [0.29, 0.717) is 12.4 Å². The number of hydrogen-bond acceptors (Lipinski definition) is 5.